The Bertz CT molecular complexity index is 145. The van der Waals surface area contributed by atoms with Gasteiger partial charge in [-0.25, -0.2) is 0 Å². The smallest absolute Gasteiger partial charge is 0.0960 e. The minimum Gasteiger partial charge on any atom is -0.373 e. The Balaban J connectivity index is 4.12. The van der Waals surface area contributed by atoms with Gasteiger partial charge in [0.25, 0.3) is 0 Å². The van der Waals surface area contributed by atoms with E-state index in [-0.39, 0.29) is 6.10 Å². The predicted molar refractivity (Wildman–Crippen MR) is 44.9 cm³/mol. The molecule has 0 saturated carbocycles. The lowest BCUT2D eigenvalue weighted by Crippen LogP contribution is -2.07. The average Bonchev–Trinajstić information content (AvgIpc) is 1.91. The second-order valence-electron chi connectivity index (χ2n) is 2.04. The lowest BCUT2D eigenvalue weighted by atomic mass is 10.1. The number of ether oxygens (including phenoxy) is 1. The monoisotopic (exact) mass is 138 g/mol. The molecule has 0 aliphatic carbocycles. The lowest BCUT2D eigenvalue weighted by Gasteiger charge is -2.09. The molecule has 0 aromatic rings. The summed E-state index contributed by atoms with van der Waals surface area (Å²) in [5, 5.41) is 0. The molecule has 0 N–H and O–H groups in total. The standard InChI is InChI=1S/C9H14O/c1-5-7-8(3)9(6-2)10-4/h5-7,9H,1-2H2,3-4H3/b8-7+. The van der Waals surface area contributed by atoms with Crippen LogP contribution in [0, 0.1) is 0 Å². The van der Waals surface area contributed by atoms with Crippen molar-refractivity contribution in [3.05, 3.63) is 37.0 Å². The zero-order valence-corrected chi connectivity index (χ0v) is 6.63. The molecule has 56 valence electrons. The van der Waals surface area contributed by atoms with Crippen molar-refractivity contribution in [2.45, 2.75) is 13.0 Å². The van der Waals surface area contributed by atoms with Crippen LogP contribution in [0.5, 0.6) is 0 Å². The topological polar surface area (TPSA) is 9.23 Å². The number of rotatable bonds is 4. The van der Waals surface area contributed by atoms with Crippen molar-refractivity contribution in [3.8, 4) is 0 Å². The minimum absolute atomic E-state index is 0.0259. The molecule has 0 saturated heterocycles. The van der Waals surface area contributed by atoms with Gasteiger partial charge in [0.1, 0.15) is 0 Å². The van der Waals surface area contributed by atoms with Gasteiger partial charge in [-0.1, -0.05) is 24.8 Å². The van der Waals surface area contributed by atoms with E-state index in [0.717, 1.165) is 5.57 Å². The van der Waals surface area contributed by atoms with Crippen LogP contribution in [0.2, 0.25) is 0 Å². The molecule has 10 heavy (non-hydrogen) atoms. The summed E-state index contributed by atoms with van der Waals surface area (Å²) in [7, 11) is 1.66. The minimum atomic E-state index is 0.0259. The summed E-state index contributed by atoms with van der Waals surface area (Å²) < 4.78 is 5.08. The third kappa shape index (κ3) is 2.65. The van der Waals surface area contributed by atoms with Crippen molar-refractivity contribution >= 4 is 0 Å². The first-order valence-corrected chi connectivity index (χ1v) is 3.20. The molecule has 1 nitrogen and oxygen atoms in total. The quantitative estimate of drug-likeness (QED) is 0.428. The van der Waals surface area contributed by atoms with Crippen molar-refractivity contribution in [1.82, 2.24) is 0 Å². The van der Waals surface area contributed by atoms with Crippen molar-refractivity contribution in [2.24, 2.45) is 0 Å². The summed E-state index contributed by atoms with van der Waals surface area (Å²) in [5.41, 5.74) is 1.12. The highest BCUT2D eigenvalue weighted by Crippen LogP contribution is 2.05. The molecule has 1 atom stereocenters. The molecule has 0 spiro atoms. The Labute approximate surface area is 62.7 Å². The van der Waals surface area contributed by atoms with Crippen molar-refractivity contribution in [3.63, 3.8) is 0 Å². The van der Waals surface area contributed by atoms with Crippen molar-refractivity contribution in [1.29, 1.82) is 0 Å². The molecule has 1 heteroatoms. The van der Waals surface area contributed by atoms with E-state index in [4.69, 9.17) is 4.74 Å². The molecular weight excluding hydrogens is 124 g/mol. The third-order valence-corrected chi connectivity index (χ3v) is 1.30. The van der Waals surface area contributed by atoms with Crippen LogP contribution in [0.15, 0.2) is 37.0 Å². The van der Waals surface area contributed by atoms with E-state index in [1.54, 1.807) is 19.3 Å². The van der Waals surface area contributed by atoms with Crippen LogP contribution in [0.25, 0.3) is 0 Å². The molecule has 1 unspecified atom stereocenters. The van der Waals surface area contributed by atoms with Crippen LogP contribution in [0.4, 0.5) is 0 Å². The predicted octanol–water partition coefficient (Wildman–Crippen LogP) is 2.32. The first-order chi connectivity index (χ1) is 4.76. The second-order valence-corrected chi connectivity index (χ2v) is 2.04. The van der Waals surface area contributed by atoms with Crippen LogP contribution < -0.4 is 0 Å². The highest BCUT2D eigenvalue weighted by Gasteiger charge is 2.00. The van der Waals surface area contributed by atoms with E-state index in [9.17, 15) is 0 Å². The Hall–Kier alpha value is -0.820. The average molecular weight is 138 g/mol. The molecule has 0 aliphatic rings. The van der Waals surface area contributed by atoms with Crippen LogP contribution in [0.1, 0.15) is 6.92 Å². The summed E-state index contributed by atoms with van der Waals surface area (Å²) in [6, 6.07) is 0. The fourth-order valence-electron chi connectivity index (χ4n) is 0.749. The number of hydrogen-bond acceptors (Lipinski definition) is 1. The maximum Gasteiger partial charge on any atom is 0.0960 e. The molecule has 0 radical (unpaired) electrons. The van der Waals surface area contributed by atoms with Gasteiger partial charge < -0.3 is 4.74 Å². The maximum atomic E-state index is 5.08. The summed E-state index contributed by atoms with van der Waals surface area (Å²) in [4.78, 5) is 0. The molecule has 0 bridgehead atoms. The van der Waals surface area contributed by atoms with Crippen molar-refractivity contribution < 1.29 is 4.74 Å². The molecule has 0 fully saturated rings. The van der Waals surface area contributed by atoms with E-state index in [2.05, 4.69) is 13.2 Å². The fourth-order valence-corrected chi connectivity index (χ4v) is 0.749. The van der Waals surface area contributed by atoms with Crippen LogP contribution in [-0.4, -0.2) is 13.2 Å². The molecule has 0 rings (SSSR count). The van der Waals surface area contributed by atoms with Gasteiger partial charge in [-0.3, -0.25) is 0 Å². The van der Waals surface area contributed by atoms with Gasteiger partial charge in [-0.15, -0.1) is 6.58 Å². The van der Waals surface area contributed by atoms with Crippen LogP contribution in [-0.2, 0) is 4.74 Å². The van der Waals surface area contributed by atoms with Gasteiger partial charge >= 0.3 is 0 Å². The Morgan fingerprint density at radius 3 is 2.40 bits per heavy atom. The van der Waals surface area contributed by atoms with E-state index >= 15 is 0 Å². The molecule has 0 aromatic heterocycles. The number of allylic oxidation sites excluding steroid dienone is 2. The summed E-state index contributed by atoms with van der Waals surface area (Å²) >= 11 is 0. The molecule has 0 heterocycles. The van der Waals surface area contributed by atoms with Gasteiger partial charge in [0.2, 0.25) is 0 Å². The fraction of sp³-hybridized carbons (Fsp3) is 0.333. The Morgan fingerprint density at radius 1 is 1.50 bits per heavy atom. The summed E-state index contributed by atoms with van der Waals surface area (Å²) in [5.74, 6) is 0. The zero-order valence-electron chi connectivity index (χ0n) is 6.63. The number of methoxy groups -OCH3 is 1. The van der Waals surface area contributed by atoms with E-state index < -0.39 is 0 Å². The van der Waals surface area contributed by atoms with Crippen LogP contribution in [0.3, 0.4) is 0 Å². The number of hydrogen-bond donors (Lipinski definition) is 0. The summed E-state index contributed by atoms with van der Waals surface area (Å²) in [6.45, 7) is 9.20. The third-order valence-electron chi connectivity index (χ3n) is 1.30. The molecule has 0 aliphatic heterocycles. The Morgan fingerprint density at radius 2 is 2.10 bits per heavy atom. The largest absolute Gasteiger partial charge is 0.373 e. The highest BCUT2D eigenvalue weighted by molar-refractivity contribution is 5.16. The summed E-state index contributed by atoms with van der Waals surface area (Å²) in [6.07, 6.45) is 5.44. The first-order valence-electron chi connectivity index (χ1n) is 3.20. The lowest BCUT2D eigenvalue weighted by molar-refractivity contribution is 0.169. The normalized spacial score (nSPS) is 14.4. The van der Waals surface area contributed by atoms with E-state index in [0.29, 0.717) is 0 Å². The first kappa shape index (κ1) is 9.18. The Kier molecular flexibility index (Phi) is 4.59. The SMILES string of the molecule is C=C/C=C(\C)C(C=C)OC. The van der Waals surface area contributed by atoms with Crippen LogP contribution >= 0.6 is 0 Å². The molecule has 0 amide bonds. The van der Waals surface area contributed by atoms with E-state index in [1.165, 1.54) is 0 Å². The molecular formula is C9H14O. The van der Waals surface area contributed by atoms with Gasteiger partial charge in [0, 0.05) is 7.11 Å². The van der Waals surface area contributed by atoms with Gasteiger partial charge in [-0.05, 0) is 12.5 Å². The zero-order chi connectivity index (χ0) is 7.98. The van der Waals surface area contributed by atoms with Gasteiger partial charge in [0.05, 0.1) is 6.10 Å². The maximum absolute atomic E-state index is 5.08. The highest BCUT2D eigenvalue weighted by atomic mass is 16.5. The van der Waals surface area contributed by atoms with Crippen molar-refractivity contribution in [2.75, 3.05) is 7.11 Å². The second kappa shape index (κ2) is 5.00. The van der Waals surface area contributed by atoms with Gasteiger partial charge in [0.15, 0.2) is 0 Å². The van der Waals surface area contributed by atoms with Gasteiger partial charge in [-0.2, -0.15) is 0 Å². The van der Waals surface area contributed by atoms with E-state index in [1.807, 2.05) is 13.0 Å². The molecule has 0 aromatic carbocycles.